The minimum absolute atomic E-state index is 0.0548. The summed E-state index contributed by atoms with van der Waals surface area (Å²) in [4.78, 5) is 41.5. The lowest BCUT2D eigenvalue weighted by molar-refractivity contribution is -0.151. The number of hydrogen-bond acceptors (Lipinski definition) is 7. The largest absolute Gasteiger partial charge is 0.493 e. The molecule has 0 radical (unpaired) electrons. The molecule has 1 heterocycles. The Morgan fingerprint density at radius 3 is 2.40 bits per heavy atom. The van der Waals surface area contributed by atoms with E-state index < -0.39 is 24.2 Å². The van der Waals surface area contributed by atoms with Gasteiger partial charge in [-0.25, -0.2) is 0 Å². The number of carbonyl (C=O) groups is 3. The molecule has 1 aromatic rings. The number of nitrogens with one attached hydrogen (secondary N) is 1. The molecule has 7 aliphatic rings. The summed E-state index contributed by atoms with van der Waals surface area (Å²) in [6, 6.07) is 2.54. The van der Waals surface area contributed by atoms with Crippen molar-refractivity contribution in [3.8, 4) is 11.5 Å². The molecule has 42 heavy (non-hydrogen) atoms. The fraction of sp³-hybridized carbons (Fsp3) is 0.667. The predicted molar refractivity (Wildman–Crippen MR) is 153 cm³/mol. The van der Waals surface area contributed by atoms with Gasteiger partial charge in [-0.3, -0.25) is 14.4 Å². The highest BCUT2D eigenvalue weighted by Gasteiger charge is 2.56. The van der Waals surface area contributed by atoms with Crippen LogP contribution >= 0.6 is 0 Å². The van der Waals surface area contributed by atoms with Gasteiger partial charge in [0.15, 0.2) is 11.5 Å². The summed E-state index contributed by atoms with van der Waals surface area (Å²) < 4.78 is 11.9. The van der Waals surface area contributed by atoms with Gasteiger partial charge in [0, 0.05) is 35.7 Å². The number of methoxy groups -OCH3 is 1. The molecule has 4 unspecified atom stereocenters. The maximum Gasteiger partial charge on any atom is 0.247 e. The summed E-state index contributed by atoms with van der Waals surface area (Å²) in [6.45, 7) is 0.455. The lowest BCUT2D eigenvalue weighted by atomic mass is 9.49. The van der Waals surface area contributed by atoms with Crippen molar-refractivity contribution in [1.82, 2.24) is 10.2 Å². The molecule has 5 saturated carbocycles. The van der Waals surface area contributed by atoms with Crippen LogP contribution in [0.3, 0.4) is 0 Å². The van der Waals surface area contributed by atoms with E-state index >= 15 is 0 Å². The number of amides is 2. The van der Waals surface area contributed by atoms with Crippen LogP contribution in [-0.2, 0) is 9.59 Å². The molecule has 3 N–H and O–H groups in total. The van der Waals surface area contributed by atoms with Gasteiger partial charge in [0.1, 0.15) is 18.5 Å². The van der Waals surface area contributed by atoms with Gasteiger partial charge >= 0.3 is 0 Å². The van der Waals surface area contributed by atoms with Gasteiger partial charge in [0.2, 0.25) is 11.8 Å². The van der Waals surface area contributed by atoms with Gasteiger partial charge in [-0.1, -0.05) is 6.42 Å². The number of nitrogens with zero attached hydrogens (tertiary/aromatic N) is 1. The maximum atomic E-state index is 14.2. The zero-order valence-corrected chi connectivity index (χ0v) is 24.3. The van der Waals surface area contributed by atoms with Crippen LogP contribution in [-0.4, -0.2) is 78.3 Å². The van der Waals surface area contributed by atoms with Gasteiger partial charge < -0.3 is 29.9 Å². The third kappa shape index (κ3) is 4.55. The van der Waals surface area contributed by atoms with Crippen LogP contribution in [0.4, 0.5) is 0 Å². The first-order valence-corrected chi connectivity index (χ1v) is 15.8. The zero-order chi connectivity index (χ0) is 29.2. The van der Waals surface area contributed by atoms with Crippen molar-refractivity contribution in [3.05, 3.63) is 34.9 Å². The summed E-state index contributed by atoms with van der Waals surface area (Å²) >= 11 is 0. The van der Waals surface area contributed by atoms with Crippen molar-refractivity contribution in [3.63, 3.8) is 0 Å². The quantitative estimate of drug-likeness (QED) is 0.385. The molecule has 4 atom stereocenters. The fourth-order valence-electron chi connectivity index (χ4n) is 9.62. The minimum atomic E-state index is -1.08. The van der Waals surface area contributed by atoms with E-state index in [-0.39, 0.29) is 36.3 Å². The molecule has 9 heteroatoms. The second-order valence-electron chi connectivity index (χ2n) is 13.9. The summed E-state index contributed by atoms with van der Waals surface area (Å²) in [6.07, 6.45) is 10.6. The number of ether oxygens (including phenoxy) is 2. The van der Waals surface area contributed by atoms with Gasteiger partial charge in [0.25, 0.3) is 0 Å². The third-order valence-corrected chi connectivity index (χ3v) is 11.2. The summed E-state index contributed by atoms with van der Waals surface area (Å²) in [5.41, 5.74) is 1.41. The van der Waals surface area contributed by atoms with Crippen LogP contribution in [0.1, 0.15) is 79.6 Å². The number of carbonyl (C=O) groups excluding carboxylic acids is 3. The van der Waals surface area contributed by atoms with Crippen molar-refractivity contribution >= 4 is 18.1 Å². The van der Waals surface area contributed by atoms with E-state index in [1.165, 1.54) is 26.4 Å². The summed E-state index contributed by atoms with van der Waals surface area (Å²) in [5.74, 6) is 1.91. The zero-order valence-electron chi connectivity index (χ0n) is 24.3. The normalized spacial score (nSPS) is 35.8. The van der Waals surface area contributed by atoms with Crippen LogP contribution in [0.2, 0.25) is 0 Å². The Hall–Kier alpha value is -2.91. The van der Waals surface area contributed by atoms with E-state index in [2.05, 4.69) is 5.32 Å². The number of fused-ring (bicyclic) bond motifs is 3. The molecular weight excluding hydrogens is 536 g/mol. The lowest BCUT2D eigenvalue weighted by Crippen LogP contribution is -2.61. The smallest absolute Gasteiger partial charge is 0.247 e. The molecule has 0 spiro atoms. The monoisotopic (exact) mass is 578 g/mol. The molecule has 6 aliphatic carbocycles. The Bertz CT molecular complexity index is 1270. The van der Waals surface area contributed by atoms with Crippen molar-refractivity contribution in [2.75, 3.05) is 26.8 Å². The molecule has 5 fully saturated rings. The average Bonchev–Trinajstić information content (AvgIpc) is 3.33. The Balaban J connectivity index is 1.29. The average molecular weight is 579 g/mol. The highest BCUT2D eigenvalue weighted by atomic mass is 16.5. The summed E-state index contributed by atoms with van der Waals surface area (Å²) in [5, 5.41) is 24.2. The van der Waals surface area contributed by atoms with Crippen LogP contribution < -0.4 is 14.8 Å². The molecule has 9 nitrogen and oxygen atoms in total. The number of hydrogen-bond donors (Lipinski definition) is 3. The Morgan fingerprint density at radius 1 is 1.14 bits per heavy atom. The van der Waals surface area contributed by atoms with E-state index in [9.17, 15) is 24.6 Å². The van der Waals surface area contributed by atoms with Gasteiger partial charge in [-0.05, 0) is 92.7 Å². The molecule has 0 aromatic heterocycles. The lowest BCUT2D eigenvalue weighted by Gasteiger charge is -2.58. The Labute approximate surface area is 246 Å². The van der Waals surface area contributed by atoms with Gasteiger partial charge in [-0.15, -0.1) is 0 Å². The standard InChI is InChI=1S/C33H42N2O7/c1-41-26-11-21(16-37)10-23-27-24(31(39)34-5-6-36)12-25(28(38)30(27)42-29(23)26)35(32(40)22-3-2-4-22)17-33-13-18-7-19(14-33)9-20(8-18)15-33/h10-12,16,18-20,22,25,27-28,30,36,38H,2-9,13-15,17H2,1H3,(H,34,39). The second-order valence-corrected chi connectivity index (χ2v) is 13.9. The number of benzene rings is 1. The predicted octanol–water partition coefficient (Wildman–Crippen LogP) is 2.98. The number of aliphatic hydroxyl groups is 2. The van der Waals surface area contributed by atoms with Gasteiger partial charge in [0.05, 0.1) is 25.7 Å². The van der Waals surface area contributed by atoms with Crippen molar-refractivity contribution in [2.24, 2.45) is 29.1 Å². The fourth-order valence-corrected chi connectivity index (χ4v) is 9.62. The van der Waals surface area contributed by atoms with E-state index in [0.717, 1.165) is 62.6 Å². The molecule has 2 amide bonds. The van der Waals surface area contributed by atoms with E-state index in [0.29, 0.717) is 34.7 Å². The van der Waals surface area contributed by atoms with E-state index in [1.807, 2.05) is 4.90 Å². The third-order valence-electron chi connectivity index (χ3n) is 11.2. The SMILES string of the molecule is COc1cc(C=O)cc2c1OC1C2C(C(=O)NCCO)=CC(N(CC23CC4CC(CC(C4)C2)C3)C(=O)C2CCC2)C1O. The minimum Gasteiger partial charge on any atom is -0.493 e. The highest BCUT2D eigenvalue weighted by Crippen LogP contribution is 2.61. The Kier molecular flexibility index (Phi) is 7.08. The van der Waals surface area contributed by atoms with Crippen LogP contribution in [0, 0.1) is 29.1 Å². The van der Waals surface area contributed by atoms with Crippen molar-refractivity contribution < 1.29 is 34.1 Å². The molecule has 1 aromatic carbocycles. The van der Waals surface area contributed by atoms with Crippen molar-refractivity contribution in [2.45, 2.75) is 82.0 Å². The van der Waals surface area contributed by atoms with Gasteiger partial charge in [-0.2, -0.15) is 0 Å². The topological polar surface area (TPSA) is 125 Å². The van der Waals surface area contributed by atoms with Crippen molar-refractivity contribution in [1.29, 1.82) is 0 Å². The number of aliphatic hydroxyl groups excluding tert-OH is 2. The van der Waals surface area contributed by atoms with Crippen LogP contribution in [0.15, 0.2) is 23.8 Å². The van der Waals surface area contributed by atoms with Crippen LogP contribution in [0.25, 0.3) is 0 Å². The van der Waals surface area contributed by atoms with Crippen LogP contribution in [0.5, 0.6) is 11.5 Å². The van der Waals surface area contributed by atoms with E-state index in [1.54, 1.807) is 18.2 Å². The molecule has 4 bridgehead atoms. The first kappa shape index (κ1) is 27.9. The first-order valence-electron chi connectivity index (χ1n) is 15.8. The maximum absolute atomic E-state index is 14.2. The molecule has 1 aliphatic heterocycles. The molecule has 226 valence electrons. The Morgan fingerprint density at radius 2 is 1.83 bits per heavy atom. The molecule has 0 saturated heterocycles. The number of aldehydes is 1. The summed E-state index contributed by atoms with van der Waals surface area (Å²) in [7, 11) is 1.49. The van der Waals surface area contributed by atoms with E-state index in [4.69, 9.17) is 9.47 Å². The molecule has 8 rings (SSSR count). The first-order chi connectivity index (χ1) is 20.3. The number of rotatable bonds is 9. The second kappa shape index (κ2) is 10.7. The highest BCUT2D eigenvalue weighted by molar-refractivity contribution is 5.96. The molecular formula is C33H42N2O7.